The number of carboxylic acid groups (broad SMARTS) is 2. The van der Waals surface area contributed by atoms with Crippen LogP contribution in [-0.2, 0) is 0 Å². The first-order valence-corrected chi connectivity index (χ1v) is 5.64. The molecule has 0 saturated carbocycles. The third-order valence-electron chi connectivity index (χ3n) is 2.64. The average Bonchev–Trinajstić information content (AvgIpc) is 2.38. The van der Waals surface area contributed by atoms with E-state index in [0.29, 0.717) is 5.69 Å². The zero-order chi connectivity index (χ0) is 14.7. The predicted octanol–water partition coefficient (Wildman–Crippen LogP) is 2.53. The van der Waals surface area contributed by atoms with Crippen molar-refractivity contribution in [3.63, 3.8) is 0 Å². The van der Waals surface area contributed by atoms with Crippen molar-refractivity contribution in [3.8, 4) is 5.75 Å². The van der Waals surface area contributed by atoms with Crippen molar-refractivity contribution in [1.82, 2.24) is 0 Å². The Labute approximate surface area is 113 Å². The summed E-state index contributed by atoms with van der Waals surface area (Å²) in [7, 11) is 0. The van der Waals surface area contributed by atoms with Crippen molar-refractivity contribution in [1.29, 1.82) is 0 Å². The monoisotopic (exact) mass is 273 g/mol. The largest absolute Gasteiger partial charge is 0.508 e. The standard InChI is InChI=1S/C14H11NO5/c16-9-4-1-3-8(7-9)15-12-10(13(17)18)5-2-6-11(12)14(19)20/h1-7,15-16H,(H,17,18)(H,19,20). The molecule has 0 fully saturated rings. The summed E-state index contributed by atoms with van der Waals surface area (Å²) in [5.41, 5.74) is 0.0424. The molecule has 0 aliphatic rings. The fourth-order valence-electron chi connectivity index (χ4n) is 1.77. The number of aromatic hydroxyl groups is 1. The summed E-state index contributed by atoms with van der Waals surface area (Å²) in [6.07, 6.45) is 0. The first kappa shape index (κ1) is 13.4. The molecule has 0 spiro atoms. The zero-order valence-electron chi connectivity index (χ0n) is 10.2. The SMILES string of the molecule is O=C(O)c1cccc(C(=O)O)c1Nc1cccc(O)c1. The first-order valence-electron chi connectivity index (χ1n) is 5.64. The van der Waals surface area contributed by atoms with Crippen LogP contribution in [0.4, 0.5) is 11.4 Å². The maximum Gasteiger partial charge on any atom is 0.337 e. The van der Waals surface area contributed by atoms with Crippen LogP contribution in [0.5, 0.6) is 5.75 Å². The van der Waals surface area contributed by atoms with Gasteiger partial charge in [-0.3, -0.25) is 0 Å². The van der Waals surface area contributed by atoms with Crippen LogP contribution in [0.25, 0.3) is 0 Å². The molecule has 0 aliphatic heterocycles. The van der Waals surface area contributed by atoms with Gasteiger partial charge in [0.2, 0.25) is 0 Å². The molecule has 2 aromatic rings. The van der Waals surface area contributed by atoms with Crippen molar-refractivity contribution in [2.45, 2.75) is 0 Å². The summed E-state index contributed by atoms with van der Waals surface area (Å²) in [5, 5.41) is 30.3. The van der Waals surface area contributed by atoms with Crippen LogP contribution in [0.15, 0.2) is 42.5 Å². The number of aromatic carboxylic acids is 2. The minimum Gasteiger partial charge on any atom is -0.508 e. The zero-order valence-corrected chi connectivity index (χ0v) is 10.2. The fourth-order valence-corrected chi connectivity index (χ4v) is 1.77. The molecule has 0 aromatic heterocycles. The summed E-state index contributed by atoms with van der Waals surface area (Å²) in [4.78, 5) is 22.3. The van der Waals surface area contributed by atoms with Gasteiger partial charge >= 0.3 is 11.9 Å². The van der Waals surface area contributed by atoms with E-state index in [1.165, 1.54) is 30.3 Å². The molecule has 0 amide bonds. The molecule has 2 rings (SSSR count). The number of phenols is 1. The molecule has 2 aromatic carbocycles. The van der Waals surface area contributed by atoms with E-state index in [0.717, 1.165) is 0 Å². The third kappa shape index (κ3) is 2.69. The lowest BCUT2D eigenvalue weighted by Gasteiger charge is -2.12. The van der Waals surface area contributed by atoms with Gasteiger partial charge < -0.3 is 20.6 Å². The van der Waals surface area contributed by atoms with Gasteiger partial charge in [0.1, 0.15) is 5.75 Å². The van der Waals surface area contributed by atoms with E-state index >= 15 is 0 Å². The molecule has 102 valence electrons. The lowest BCUT2D eigenvalue weighted by Crippen LogP contribution is -2.09. The Morgan fingerprint density at radius 1 is 0.900 bits per heavy atom. The molecule has 0 unspecified atom stereocenters. The van der Waals surface area contributed by atoms with Crippen LogP contribution in [-0.4, -0.2) is 27.3 Å². The number of nitrogens with one attached hydrogen (secondary N) is 1. The quantitative estimate of drug-likeness (QED) is 0.682. The van der Waals surface area contributed by atoms with E-state index in [2.05, 4.69) is 5.32 Å². The van der Waals surface area contributed by atoms with Crippen LogP contribution in [0.3, 0.4) is 0 Å². The third-order valence-corrected chi connectivity index (χ3v) is 2.64. The van der Waals surface area contributed by atoms with Gasteiger partial charge in [-0.25, -0.2) is 9.59 Å². The second-order valence-corrected chi connectivity index (χ2v) is 4.01. The van der Waals surface area contributed by atoms with E-state index in [-0.39, 0.29) is 22.6 Å². The van der Waals surface area contributed by atoms with Crippen LogP contribution in [0.2, 0.25) is 0 Å². The van der Waals surface area contributed by atoms with Gasteiger partial charge in [0.25, 0.3) is 0 Å². The fraction of sp³-hybridized carbons (Fsp3) is 0. The Hall–Kier alpha value is -3.02. The number of carboxylic acids is 2. The van der Waals surface area contributed by atoms with E-state index < -0.39 is 11.9 Å². The van der Waals surface area contributed by atoms with E-state index in [4.69, 9.17) is 10.2 Å². The number of carbonyl (C=O) groups is 2. The highest BCUT2D eigenvalue weighted by molar-refractivity contribution is 6.04. The Bertz CT molecular complexity index is 649. The molecular weight excluding hydrogens is 262 g/mol. The van der Waals surface area contributed by atoms with Gasteiger partial charge in [-0.2, -0.15) is 0 Å². The highest BCUT2D eigenvalue weighted by atomic mass is 16.4. The van der Waals surface area contributed by atoms with Crippen LogP contribution < -0.4 is 5.32 Å². The summed E-state index contributed by atoms with van der Waals surface area (Å²) in [5.74, 6) is -2.49. The van der Waals surface area contributed by atoms with Crippen molar-refractivity contribution >= 4 is 23.3 Å². The summed E-state index contributed by atoms with van der Waals surface area (Å²) in [6, 6.07) is 9.93. The van der Waals surface area contributed by atoms with Crippen LogP contribution >= 0.6 is 0 Å². The average molecular weight is 273 g/mol. The van der Waals surface area contributed by atoms with Gasteiger partial charge in [0, 0.05) is 11.8 Å². The Balaban J connectivity index is 2.53. The Kier molecular flexibility index (Phi) is 3.56. The van der Waals surface area contributed by atoms with Gasteiger partial charge in [-0.15, -0.1) is 0 Å². The maximum absolute atomic E-state index is 11.2. The van der Waals surface area contributed by atoms with Crippen molar-refractivity contribution in [2.24, 2.45) is 0 Å². The molecule has 4 N–H and O–H groups in total. The lowest BCUT2D eigenvalue weighted by atomic mass is 10.1. The highest BCUT2D eigenvalue weighted by Crippen LogP contribution is 2.27. The number of hydrogen-bond donors (Lipinski definition) is 4. The van der Waals surface area contributed by atoms with Gasteiger partial charge in [-0.05, 0) is 24.3 Å². The predicted molar refractivity (Wildman–Crippen MR) is 71.8 cm³/mol. The molecule has 0 bridgehead atoms. The van der Waals surface area contributed by atoms with Crippen molar-refractivity contribution in [3.05, 3.63) is 53.6 Å². The number of rotatable bonds is 4. The molecule has 0 atom stereocenters. The molecule has 0 radical (unpaired) electrons. The smallest absolute Gasteiger partial charge is 0.337 e. The summed E-state index contributed by atoms with van der Waals surface area (Å²) < 4.78 is 0. The number of benzene rings is 2. The second kappa shape index (κ2) is 5.31. The van der Waals surface area contributed by atoms with Crippen LogP contribution in [0, 0.1) is 0 Å². The minimum absolute atomic E-state index is 0.0142. The Morgan fingerprint density at radius 2 is 1.45 bits per heavy atom. The van der Waals surface area contributed by atoms with E-state index in [1.807, 2.05) is 0 Å². The maximum atomic E-state index is 11.2. The normalized spacial score (nSPS) is 10.0. The molecule has 0 heterocycles. The lowest BCUT2D eigenvalue weighted by molar-refractivity contribution is 0.0696. The van der Waals surface area contributed by atoms with Gasteiger partial charge in [-0.1, -0.05) is 12.1 Å². The number of hydrogen-bond acceptors (Lipinski definition) is 4. The van der Waals surface area contributed by atoms with Gasteiger partial charge in [0.05, 0.1) is 16.8 Å². The minimum atomic E-state index is -1.24. The van der Waals surface area contributed by atoms with E-state index in [1.54, 1.807) is 12.1 Å². The molecule has 6 heteroatoms. The Morgan fingerprint density at radius 3 is 1.95 bits per heavy atom. The van der Waals surface area contributed by atoms with Crippen molar-refractivity contribution in [2.75, 3.05) is 5.32 Å². The summed E-state index contributed by atoms with van der Waals surface area (Å²) in [6.45, 7) is 0. The highest BCUT2D eigenvalue weighted by Gasteiger charge is 2.18. The molecule has 0 saturated heterocycles. The molecule has 6 nitrogen and oxygen atoms in total. The number of anilines is 2. The summed E-state index contributed by atoms with van der Waals surface area (Å²) >= 11 is 0. The van der Waals surface area contributed by atoms with Gasteiger partial charge in [0.15, 0.2) is 0 Å². The van der Waals surface area contributed by atoms with Crippen LogP contribution in [0.1, 0.15) is 20.7 Å². The topological polar surface area (TPSA) is 107 Å². The van der Waals surface area contributed by atoms with Crippen molar-refractivity contribution < 1.29 is 24.9 Å². The molecule has 20 heavy (non-hydrogen) atoms. The molecule has 0 aliphatic carbocycles. The molecular formula is C14H11NO5. The number of phenolic OH excluding ortho intramolecular Hbond substituents is 1. The number of para-hydroxylation sites is 1. The second-order valence-electron chi connectivity index (χ2n) is 4.01. The van der Waals surface area contributed by atoms with E-state index in [9.17, 15) is 14.7 Å². The first-order chi connectivity index (χ1) is 9.49.